The second kappa shape index (κ2) is 8.71. The van der Waals surface area contributed by atoms with Crippen LogP contribution in [0.4, 0.5) is 0 Å². The number of hydrogen-bond donors (Lipinski definition) is 2. The van der Waals surface area contributed by atoms with Gasteiger partial charge < -0.3 is 19.9 Å². The molecule has 1 aliphatic rings. The van der Waals surface area contributed by atoms with E-state index in [0.717, 1.165) is 18.4 Å². The van der Waals surface area contributed by atoms with Crippen molar-refractivity contribution in [3.05, 3.63) is 34.9 Å². The first-order valence-corrected chi connectivity index (χ1v) is 7.83. The van der Waals surface area contributed by atoms with Gasteiger partial charge in [0.05, 0.1) is 25.4 Å². The predicted octanol–water partition coefficient (Wildman–Crippen LogP) is 2.37. The van der Waals surface area contributed by atoms with Crippen molar-refractivity contribution in [2.75, 3.05) is 20.3 Å². The first-order chi connectivity index (χ1) is 10.2. The Morgan fingerprint density at radius 1 is 1.33 bits per heavy atom. The highest BCUT2D eigenvalue weighted by Crippen LogP contribution is 2.21. The van der Waals surface area contributed by atoms with E-state index in [1.165, 1.54) is 6.42 Å². The summed E-state index contributed by atoms with van der Waals surface area (Å²) in [5, 5.41) is 14.0. The Bertz CT molecular complexity index is 412. The molecule has 0 aromatic heterocycles. The van der Waals surface area contributed by atoms with Crippen molar-refractivity contribution in [3.63, 3.8) is 0 Å². The molecule has 2 N–H and O–H groups in total. The van der Waals surface area contributed by atoms with E-state index in [1.54, 1.807) is 7.11 Å². The van der Waals surface area contributed by atoms with E-state index in [2.05, 4.69) is 5.32 Å². The Hall–Kier alpha value is -0.650. The molecule has 0 spiro atoms. The molecule has 0 heterocycles. The van der Waals surface area contributed by atoms with Crippen molar-refractivity contribution in [3.8, 4) is 0 Å². The zero-order valence-electron chi connectivity index (χ0n) is 12.4. The van der Waals surface area contributed by atoms with Crippen LogP contribution in [-0.2, 0) is 16.1 Å². The lowest BCUT2D eigenvalue weighted by atomic mass is 10.2. The molecule has 4 nitrogen and oxygen atoms in total. The summed E-state index contributed by atoms with van der Waals surface area (Å²) in [5.41, 5.74) is 1.05. The number of aliphatic hydroxyl groups is 1. The van der Waals surface area contributed by atoms with Crippen LogP contribution in [0.15, 0.2) is 24.3 Å². The number of nitrogens with one attached hydrogen (secondary N) is 1. The number of hydrogen-bond acceptors (Lipinski definition) is 4. The molecule has 0 saturated heterocycles. The highest BCUT2D eigenvalue weighted by molar-refractivity contribution is 6.30. The quantitative estimate of drug-likeness (QED) is 0.773. The summed E-state index contributed by atoms with van der Waals surface area (Å²) in [7, 11) is 1.75. The van der Waals surface area contributed by atoms with Crippen LogP contribution in [0.3, 0.4) is 0 Å². The van der Waals surface area contributed by atoms with Gasteiger partial charge in [0.25, 0.3) is 0 Å². The number of benzene rings is 1. The lowest BCUT2D eigenvalue weighted by Crippen LogP contribution is -2.42. The molecule has 1 fully saturated rings. The van der Waals surface area contributed by atoms with Gasteiger partial charge in [-0.3, -0.25) is 0 Å². The number of aliphatic hydroxyl groups excluding tert-OH is 1. The standard InChI is InChI=1S/C16H24ClNO3/c1-20-16-4-2-3-15(16)18-9-14(19)11-21-10-12-5-7-13(17)8-6-12/h5-8,14-16,18-19H,2-4,9-11H2,1H3. The van der Waals surface area contributed by atoms with Crippen LogP contribution >= 0.6 is 11.6 Å². The van der Waals surface area contributed by atoms with Gasteiger partial charge >= 0.3 is 0 Å². The monoisotopic (exact) mass is 313 g/mol. The van der Waals surface area contributed by atoms with Gasteiger partial charge in [-0.2, -0.15) is 0 Å². The minimum absolute atomic E-state index is 0.271. The third-order valence-electron chi connectivity index (χ3n) is 3.86. The molecule has 3 atom stereocenters. The smallest absolute Gasteiger partial charge is 0.0897 e. The molecule has 0 radical (unpaired) electrons. The van der Waals surface area contributed by atoms with E-state index in [0.29, 0.717) is 30.8 Å². The molecule has 3 unspecified atom stereocenters. The average molecular weight is 314 g/mol. The fourth-order valence-electron chi connectivity index (χ4n) is 2.68. The van der Waals surface area contributed by atoms with Crippen LogP contribution in [0.5, 0.6) is 0 Å². The normalized spacial score (nSPS) is 23.4. The second-order valence-electron chi connectivity index (χ2n) is 5.52. The first-order valence-electron chi connectivity index (χ1n) is 7.45. The van der Waals surface area contributed by atoms with Gasteiger partial charge in [0, 0.05) is 24.7 Å². The molecule has 1 aliphatic carbocycles. The first kappa shape index (κ1) is 16.7. The Kier molecular flexibility index (Phi) is 6.93. The summed E-state index contributed by atoms with van der Waals surface area (Å²) in [4.78, 5) is 0. The van der Waals surface area contributed by atoms with Gasteiger partial charge in [0.1, 0.15) is 0 Å². The highest BCUT2D eigenvalue weighted by atomic mass is 35.5. The Morgan fingerprint density at radius 2 is 2.10 bits per heavy atom. The Morgan fingerprint density at radius 3 is 2.81 bits per heavy atom. The van der Waals surface area contributed by atoms with Gasteiger partial charge in [-0.05, 0) is 37.0 Å². The van der Waals surface area contributed by atoms with Gasteiger partial charge in [0.2, 0.25) is 0 Å². The predicted molar refractivity (Wildman–Crippen MR) is 83.6 cm³/mol. The lowest BCUT2D eigenvalue weighted by molar-refractivity contribution is 0.0226. The third kappa shape index (κ3) is 5.57. The van der Waals surface area contributed by atoms with Crippen LogP contribution in [-0.4, -0.2) is 43.6 Å². The Labute approximate surface area is 131 Å². The number of methoxy groups -OCH3 is 1. The molecule has 0 bridgehead atoms. The molecular formula is C16H24ClNO3. The van der Waals surface area contributed by atoms with Gasteiger partial charge in [-0.25, -0.2) is 0 Å². The van der Waals surface area contributed by atoms with Crippen LogP contribution < -0.4 is 5.32 Å². The van der Waals surface area contributed by atoms with Crippen molar-refractivity contribution >= 4 is 11.6 Å². The summed E-state index contributed by atoms with van der Waals surface area (Å²) in [6.45, 7) is 1.34. The fraction of sp³-hybridized carbons (Fsp3) is 0.625. The molecule has 0 aliphatic heterocycles. The molecule has 2 rings (SSSR count). The summed E-state index contributed by atoms with van der Waals surface area (Å²) in [6.07, 6.45) is 3.15. The second-order valence-corrected chi connectivity index (χ2v) is 5.95. The fourth-order valence-corrected chi connectivity index (χ4v) is 2.81. The number of halogens is 1. The van der Waals surface area contributed by atoms with Crippen molar-refractivity contribution in [1.29, 1.82) is 0 Å². The lowest BCUT2D eigenvalue weighted by Gasteiger charge is -2.21. The van der Waals surface area contributed by atoms with Gasteiger partial charge in [-0.1, -0.05) is 23.7 Å². The van der Waals surface area contributed by atoms with Crippen molar-refractivity contribution in [2.45, 2.75) is 44.1 Å². The van der Waals surface area contributed by atoms with Crippen molar-refractivity contribution in [1.82, 2.24) is 5.32 Å². The van der Waals surface area contributed by atoms with Gasteiger partial charge in [0.15, 0.2) is 0 Å². The molecular weight excluding hydrogens is 290 g/mol. The topological polar surface area (TPSA) is 50.7 Å². The Balaban J connectivity index is 1.61. The molecule has 21 heavy (non-hydrogen) atoms. The van der Waals surface area contributed by atoms with Crippen molar-refractivity contribution in [2.24, 2.45) is 0 Å². The molecule has 118 valence electrons. The van der Waals surface area contributed by atoms with E-state index in [1.807, 2.05) is 24.3 Å². The minimum atomic E-state index is -0.504. The molecule has 5 heteroatoms. The van der Waals surface area contributed by atoms with E-state index in [-0.39, 0.29) is 6.10 Å². The van der Waals surface area contributed by atoms with E-state index >= 15 is 0 Å². The van der Waals surface area contributed by atoms with Crippen LogP contribution in [0, 0.1) is 0 Å². The van der Waals surface area contributed by atoms with E-state index < -0.39 is 6.10 Å². The summed E-state index contributed by atoms with van der Waals surface area (Å²) in [6, 6.07) is 7.87. The van der Waals surface area contributed by atoms with Crippen LogP contribution in [0.2, 0.25) is 5.02 Å². The summed E-state index contributed by atoms with van der Waals surface area (Å²) in [5.74, 6) is 0. The maximum atomic E-state index is 9.94. The average Bonchev–Trinajstić information content (AvgIpc) is 2.95. The maximum Gasteiger partial charge on any atom is 0.0897 e. The highest BCUT2D eigenvalue weighted by Gasteiger charge is 2.26. The van der Waals surface area contributed by atoms with Crippen LogP contribution in [0.1, 0.15) is 24.8 Å². The molecule has 1 aromatic rings. The van der Waals surface area contributed by atoms with E-state index in [4.69, 9.17) is 21.1 Å². The largest absolute Gasteiger partial charge is 0.389 e. The SMILES string of the molecule is COC1CCCC1NCC(O)COCc1ccc(Cl)cc1. The maximum absolute atomic E-state index is 9.94. The van der Waals surface area contributed by atoms with Crippen LogP contribution in [0.25, 0.3) is 0 Å². The number of rotatable bonds is 8. The molecule has 1 saturated carbocycles. The zero-order chi connectivity index (χ0) is 15.1. The molecule has 1 aromatic carbocycles. The summed E-state index contributed by atoms with van der Waals surface area (Å²) >= 11 is 5.82. The molecule has 0 amide bonds. The third-order valence-corrected chi connectivity index (χ3v) is 4.12. The van der Waals surface area contributed by atoms with Crippen molar-refractivity contribution < 1.29 is 14.6 Å². The number of ether oxygens (including phenoxy) is 2. The minimum Gasteiger partial charge on any atom is -0.389 e. The van der Waals surface area contributed by atoms with E-state index in [9.17, 15) is 5.11 Å². The zero-order valence-corrected chi connectivity index (χ0v) is 13.2. The summed E-state index contributed by atoms with van der Waals surface area (Å²) < 4.78 is 10.9. The van der Waals surface area contributed by atoms with Gasteiger partial charge in [-0.15, -0.1) is 0 Å².